The molecule has 0 radical (unpaired) electrons. The van der Waals surface area contributed by atoms with Gasteiger partial charge in [0.05, 0.1) is 16.6 Å². The van der Waals surface area contributed by atoms with Crippen LogP contribution in [0.1, 0.15) is 5.48 Å². The predicted octanol–water partition coefficient (Wildman–Crippen LogP) is 14.6. The van der Waals surface area contributed by atoms with Crippen molar-refractivity contribution >= 4 is 82.5 Å². The minimum Gasteiger partial charge on any atom is -0.456 e. The van der Waals surface area contributed by atoms with Crippen molar-refractivity contribution in [2.24, 2.45) is 0 Å². The lowest BCUT2D eigenvalue weighted by Gasteiger charge is -2.27. The summed E-state index contributed by atoms with van der Waals surface area (Å²) < 4.78 is 51.2. The quantitative estimate of drug-likeness (QED) is 0.181. The predicted molar refractivity (Wildman–Crippen MR) is 222 cm³/mol. The molecule has 0 unspecified atom stereocenters. The highest BCUT2D eigenvalue weighted by molar-refractivity contribution is 6.19. The van der Waals surface area contributed by atoms with E-state index < -0.39 is 0 Å². The fourth-order valence-corrected chi connectivity index (χ4v) is 7.84. The van der Waals surface area contributed by atoms with Crippen LogP contribution in [-0.2, 0) is 0 Å². The number of hydrogen-bond acceptors (Lipinski definition) is 3. The summed E-state index contributed by atoms with van der Waals surface area (Å²) in [4.78, 5) is 1.87. The van der Waals surface area contributed by atoms with Crippen LogP contribution in [0, 0.1) is 0 Å². The highest BCUT2D eigenvalue weighted by Crippen LogP contribution is 2.45. The van der Waals surface area contributed by atoms with E-state index in [4.69, 9.17) is 8.83 Å². The Bertz CT molecular complexity index is 3400. The molecule has 0 aliphatic carbocycles. The van der Waals surface area contributed by atoms with Gasteiger partial charge in [0.1, 0.15) is 22.3 Å². The first kappa shape index (κ1) is 25.8. The van der Waals surface area contributed by atoms with Gasteiger partial charge in [-0.25, -0.2) is 0 Å². The largest absolute Gasteiger partial charge is 0.456 e. The van der Waals surface area contributed by atoms with Crippen molar-refractivity contribution in [1.82, 2.24) is 0 Å². The van der Waals surface area contributed by atoms with Gasteiger partial charge in [0, 0.05) is 32.9 Å². The number of nitrogens with zero attached hydrogens (tertiary/aromatic N) is 1. The maximum atomic E-state index is 9.69. The Morgan fingerprint density at radius 2 is 1.08 bits per heavy atom. The molecule has 0 spiro atoms. The van der Waals surface area contributed by atoms with Crippen molar-refractivity contribution in [2.75, 3.05) is 4.90 Å². The highest BCUT2D eigenvalue weighted by Gasteiger charge is 2.21. The molecule has 9 aromatic carbocycles. The normalized spacial score (nSPS) is 12.8. The van der Waals surface area contributed by atoms with Crippen LogP contribution in [0.4, 0.5) is 17.1 Å². The maximum absolute atomic E-state index is 9.69. The number of benzene rings is 9. The third kappa shape index (κ3) is 4.75. The zero-order valence-corrected chi connectivity index (χ0v) is 28.4. The monoisotopic (exact) mass is 681 g/mol. The molecular weight excluding hydrogens is 647 g/mol. The first-order valence-electron chi connectivity index (χ1n) is 19.7. The van der Waals surface area contributed by atoms with E-state index in [0.29, 0.717) is 28.1 Å². The van der Waals surface area contributed by atoms with E-state index in [2.05, 4.69) is 66.7 Å². The molecule has 0 aliphatic rings. The zero-order chi connectivity index (χ0) is 38.4. The van der Waals surface area contributed by atoms with Crippen molar-refractivity contribution in [3.8, 4) is 22.3 Å². The number of furan rings is 2. The Kier molecular flexibility index (Phi) is 5.71. The van der Waals surface area contributed by atoms with Gasteiger partial charge in [-0.2, -0.15) is 0 Å². The maximum Gasteiger partial charge on any atom is 0.143 e. The van der Waals surface area contributed by atoms with Gasteiger partial charge in [0.15, 0.2) is 0 Å². The molecule has 0 atom stereocenters. The third-order valence-corrected chi connectivity index (χ3v) is 10.3. The molecule has 0 aliphatic heterocycles. The van der Waals surface area contributed by atoms with Crippen LogP contribution in [-0.4, -0.2) is 0 Å². The SMILES string of the molecule is [2H]c1c([2H])c(N(c2cccc(-c3cccc4ccccc34)c2)c2cccc3oc4c5ccccc5ccc4c23)c([2H])c([2H])c1-c1ccc2c(c1)oc1ccccc12. The van der Waals surface area contributed by atoms with E-state index in [1.54, 1.807) is 0 Å². The van der Waals surface area contributed by atoms with E-state index >= 15 is 0 Å². The fraction of sp³-hybridized carbons (Fsp3) is 0. The zero-order valence-electron chi connectivity index (χ0n) is 32.4. The summed E-state index contributed by atoms with van der Waals surface area (Å²) in [6.07, 6.45) is 0. The summed E-state index contributed by atoms with van der Waals surface area (Å²) in [5.74, 6) is 0. The Balaban J connectivity index is 1.18. The molecule has 2 heterocycles. The van der Waals surface area contributed by atoms with Gasteiger partial charge in [0.2, 0.25) is 0 Å². The first-order chi connectivity index (χ1) is 27.9. The molecule has 53 heavy (non-hydrogen) atoms. The minimum atomic E-state index is -0.165. The Hall–Kier alpha value is -7.10. The van der Waals surface area contributed by atoms with Gasteiger partial charge in [-0.15, -0.1) is 0 Å². The van der Waals surface area contributed by atoms with Gasteiger partial charge >= 0.3 is 0 Å². The van der Waals surface area contributed by atoms with Crippen LogP contribution in [0.15, 0.2) is 197 Å². The van der Waals surface area contributed by atoms with Crippen molar-refractivity contribution < 1.29 is 14.3 Å². The summed E-state index contributed by atoms with van der Waals surface area (Å²) in [6, 6.07) is 53.4. The lowest BCUT2D eigenvalue weighted by atomic mass is 9.97. The lowest BCUT2D eigenvalue weighted by molar-refractivity contribution is 0.669. The first-order valence-corrected chi connectivity index (χ1v) is 17.7. The van der Waals surface area contributed by atoms with Crippen molar-refractivity contribution in [2.45, 2.75) is 0 Å². The molecule has 3 nitrogen and oxygen atoms in total. The molecule has 2 aromatic heterocycles. The number of fused-ring (bicyclic) bond motifs is 9. The van der Waals surface area contributed by atoms with Crippen molar-refractivity contribution in [3.05, 3.63) is 188 Å². The van der Waals surface area contributed by atoms with E-state index in [1.807, 2.05) is 102 Å². The molecule has 3 heteroatoms. The van der Waals surface area contributed by atoms with Crippen molar-refractivity contribution in [3.63, 3.8) is 0 Å². The summed E-state index contributed by atoms with van der Waals surface area (Å²) in [6.45, 7) is 0. The van der Waals surface area contributed by atoms with Gasteiger partial charge < -0.3 is 13.7 Å². The molecule has 11 rings (SSSR count). The van der Waals surface area contributed by atoms with E-state index in [0.717, 1.165) is 65.4 Å². The Labute approximate surface area is 311 Å². The molecule has 0 amide bonds. The van der Waals surface area contributed by atoms with Crippen LogP contribution < -0.4 is 4.90 Å². The van der Waals surface area contributed by atoms with Crippen LogP contribution in [0.3, 0.4) is 0 Å². The summed E-state index contributed by atoms with van der Waals surface area (Å²) in [7, 11) is 0. The average Bonchev–Trinajstić information content (AvgIpc) is 3.83. The topological polar surface area (TPSA) is 29.5 Å². The van der Waals surface area contributed by atoms with E-state index in [-0.39, 0.29) is 35.4 Å². The van der Waals surface area contributed by atoms with E-state index in [9.17, 15) is 5.48 Å². The van der Waals surface area contributed by atoms with Crippen LogP contribution in [0.25, 0.3) is 87.7 Å². The Morgan fingerprint density at radius 1 is 0.396 bits per heavy atom. The molecule has 0 bridgehead atoms. The third-order valence-electron chi connectivity index (χ3n) is 10.3. The number of rotatable bonds is 5. The Morgan fingerprint density at radius 3 is 1.96 bits per heavy atom. The molecule has 0 fully saturated rings. The summed E-state index contributed by atoms with van der Waals surface area (Å²) in [5.41, 5.74) is 7.01. The summed E-state index contributed by atoms with van der Waals surface area (Å²) >= 11 is 0. The molecule has 0 N–H and O–H groups in total. The number of para-hydroxylation sites is 1. The van der Waals surface area contributed by atoms with Gasteiger partial charge in [-0.1, -0.05) is 127 Å². The highest BCUT2D eigenvalue weighted by atomic mass is 16.3. The second-order valence-electron chi connectivity index (χ2n) is 13.4. The molecule has 11 aromatic rings. The van der Waals surface area contributed by atoms with Crippen molar-refractivity contribution in [1.29, 1.82) is 0 Å². The van der Waals surface area contributed by atoms with Crippen LogP contribution in [0.5, 0.6) is 0 Å². The molecule has 0 saturated heterocycles. The second-order valence-corrected chi connectivity index (χ2v) is 13.4. The van der Waals surface area contributed by atoms with E-state index in [1.165, 1.54) is 0 Å². The van der Waals surface area contributed by atoms with Gasteiger partial charge in [-0.05, 0) is 99.0 Å². The average molecular weight is 682 g/mol. The minimum absolute atomic E-state index is 0.135. The molecule has 248 valence electrons. The molecule has 0 saturated carbocycles. The fourth-order valence-electron chi connectivity index (χ4n) is 7.84. The van der Waals surface area contributed by atoms with Gasteiger partial charge in [-0.3, -0.25) is 0 Å². The molecular formula is C50H31NO2. The second kappa shape index (κ2) is 11.7. The standard InChI is InChI=1S/C50H31NO2/c1-3-15-39-33(10-1)12-8-18-40(39)36-13-7-14-38(30-36)51(45-19-9-21-47-49(45)44-29-24-34-11-2-4-16-41(34)50(44)53-47)37-26-22-32(23-27-37)35-25-28-43-42-17-5-6-20-46(42)52-48(43)31-35/h1-31H/i22D,23D,26D,27D. The van der Waals surface area contributed by atoms with Crippen LogP contribution in [0.2, 0.25) is 0 Å². The summed E-state index contributed by atoms with van der Waals surface area (Å²) in [5, 5.41) is 7.86. The smallest absolute Gasteiger partial charge is 0.143 e. The van der Waals surface area contributed by atoms with Crippen LogP contribution >= 0.6 is 0 Å². The van der Waals surface area contributed by atoms with Gasteiger partial charge in [0.25, 0.3) is 0 Å². The number of anilines is 3. The number of hydrogen-bond donors (Lipinski definition) is 0. The lowest BCUT2D eigenvalue weighted by Crippen LogP contribution is -2.10.